The maximum atomic E-state index is 13.7. The molecular formula is C13H18ClFN2O2S. The van der Waals surface area contributed by atoms with Gasteiger partial charge in [-0.2, -0.15) is 4.31 Å². The molecule has 0 aromatic heterocycles. The molecule has 0 bridgehead atoms. The Hall–Kier alpha value is -0.950. The predicted molar refractivity (Wildman–Crippen MR) is 78.5 cm³/mol. The quantitative estimate of drug-likeness (QED) is 0.819. The van der Waals surface area contributed by atoms with Gasteiger partial charge in [-0.25, -0.2) is 12.8 Å². The lowest BCUT2D eigenvalue weighted by Gasteiger charge is -2.21. The number of benzene rings is 1. The third-order valence-corrected chi connectivity index (χ3v) is 5.06. The Balaban J connectivity index is 3.34. The standard InChI is InChI=1S/C13H18ClFN2O2S/c1-4-17(8-9(2)3)20(18,19)11-5-10(7-16)13(14)12(15)6-11/h5-6H,2,4,7-8,16H2,1,3H3. The molecule has 0 amide bonds. The first-order valence-electron chi connectivity index (χ1n) is 6.06. The molecule has 0 radical (unpaired) electrons. The van der Waals surface area contributed by atoms with E-state index >= 15 is 0 Å². The van der Waals surface area contributed by atoms with Gasteiger partial charge in [0.1, 0.15) is 5.82 Å². The third-order valence-electron chi connectivity index (χ3n) is 2.73. The van der Waals surface area contributed by atoms with E-state index in [9.17, 15) is 12.8 Å². The highest BCUT2D eigenvalue weighted by molar-refractivity contribution is 7.89. The van der Waals surface area contributed by atoms with Crippen LogP contribution in [0.4, 0.5) is 4.39 Å². The summed E-state index contributed by atoms with van der Waals surface area (Å²) < 4.78 is 39.8. The Morgan fingerprint density at radius 1 is 1.50 bits per heavy atom. The van der Waals surface area contributed by atoms with Gasteiger partial charge in [0, 0.05) is 19.6 Å². The van der Waals surface area contributed by atoms with Crippen molar-refractivity contribution in [2.75, 3.05) is 13.1 Å². The largest absolute Gasteiger partial charge is 0.326 e. The van der Waals surface area contributed by atoms with Crippen molar-refractivity contribution in [1.82, 2.24) is 4.31 Å². The molecule has 0 aliphatic rings. The first kappa shape index (κ1) is 17.1. The molecule has 20 heavy (non-hydrogen) atoms. The summed E-state index contributed by atoms with van der Waals surface area (Å²) in [5.41, 5.74) is 6.41. The van der Waals surface area contributed by atoms with E-state index in [1.54, 1.807) is 13.8 Å². The molecule has 1 rings (SSSR count). The van der Waals surface area contributed by atoms with E-state index in [1.807, 2.05) is 0 Å². The second-order valence-electron chi connectivity index (χ2n) is 4.47. The number of sulfonamides is 1. The van der Waals surface area contributed by atoms with Crippen molar-refractivity contribution in [3.63, 3.8) is 0 Å². The first-order valence-corrected chi connectivity index (χ1v) is 7.88. The Morgan fingerprint density at radius 3 is 2.55 bits per heavy atom. The van der Waals surface area contributed by atoms with Crippen molar-refractivity contribution in [3.8, 4) is 0 Å². The molecule has 0 spiro atoms. The van der Waals surface area contributed by atoms with Crippen LogP contribution in [0.3, 0.4) is 0 Å². The van der Waals surface area contributed by atoms with Crippen LogP contribution in [-0.4, -0.2) is 25.8 Å². The molecule has 0 heterocycles. The Morgan fingerprint density at radius 2 is 2.10 bits per heavy atom. The second-order valence-corrected chi connectivity index (χ2v) is 6.79. The van der Waals surface area contributed by atoms with Crippen LogP contribution in [-0.2, 0) is 16.6 Å². The van der Waals surface area contributed by atoms with Gasteiger partial charge in [0.2, 0.25) is 10.0 Å². The molecule has 1 aromatic rings. The van der Waals surface area contributed by atoms with E-state index in [2.05, 4.69) is 6.58 Å². The van der Waals surface area contributed by atoms with Crippen LogP contribution in [0.5, 0.6) is 0 Å². The molecule has 0 saturated heterocycles. The van der Waals surface area contributed by atoms with Gasteiger partial charge in [0.15, 0.2) is 0 Å². The van der Waals surface area contributed by atoms with Crippen molar-refractivity contribution in [1.29, 1.82) is 0 Å². The number of likely N-dealkylation sites (N-methyl/N-ethyl adjacent to an activating group) is 1. The molecular weight excluding hydrogens is 303 g/mol. The van der Waals surface area contributed by atoms with Crippen LogP contribution in [0.25, 0.3) is 0 Å². The number of halogens is 2. The average molecular weight is 321 g/mol. The summed E-state index contributed by atoms with van der Waals surface area (Å²) in [5.74, 6) is -0.792. The fourth-order valence-electron chi connectivity index (χ4n) is 1.73. The lowest BCUT2D eigenvalue weighted by atomic mass is 10.2. The molecule has 0 aliphatic heterocycles. The summed E-state index contributed by atoms with van der Waals surface area (Å²) in [4.78, 5) is -0.150. The minimum atomic E-state index is -3.80. The van der Waals surface area contributed by atoms with Gasteiger partial charge in [0.05, 0.1) is 9.92 Å². The summed E-state index contributed by atoms with van der Waals surface area (Å²) in [5, 5.41) is -0.144. The SMILES string of the molecule is C=C(C)CN(CC)S(=O)(=O)c1cc(F)c(Cl)c(CN)c1. The first-order chi connectivity index (χ1) is 9.23. The van der Waals surface area contributed by atoms with Crippen LogP contribution < -0.4 is 5.73 Å². The predicted octanol–water partition coefficient (Wildman–Crippen LogP) is 2.52. The molecule has 0 unspecified atom stereocenters. The molecule has 1 aromatic carbocycles. The topological polar surface area (TPSA) is 63.4 Å². The molecule has 4 nitrogen and oxygen atoms in total. The second kappa shape index (κ2) is 6.67. The number of nitrogens with zero attached hydrogens (tertiary/aromatic N) is 1. The van der Waals surface area contributed by atoms with E-state index in [-0.39, 0.29) is 35.1 Å². The monoisotopic (exact) mass is 320 g/mol. The third kappa shape index (κ3) is 3.58. The van der Waals surface area contributed by atoms with Crippen molar-refractivity contribution >= 4 is 21.6 Å². The van der Waals surface area contributed by atoms with E-state index in [1.165, 1.54) is 10.4 Å². The Kier molecular flexibility index (Phi) is 5.70. The molecule has 0 aliphatic carbocycles. The summed E-state index contributed by atoms with van der Waals surface area (Å²) >= 11 is 5.74. The maximum Gasteiger partial charge on any atom is 0.243 e. The van der Waals surface area contributed by atoms with E-state index in [4.69, 9.17) is 17.3 Å². The van der Waals surface area contributed by atoms with E-state index < -0.39 is 15.8 Å². The number of rotatable bonds is 6. The smallest absolute Gasteiger partial charge is 0.243 e. The van der Waals surface area contributed by atoms with Gasteiger partial charge in [-0.15, -0.1) is 0 Å². The summed E-state index contributed by atoms with van der Waals surface area (Å²) in [6, 6.07) is 2.22. The van der Waals surface area contributed by atoms with Crippen molar-refractivity contribution in [2.24, 2.45) is 5.73 Å². The number of hydrogen-bond donors (Lipinski definition) is 1. The summed E-state index contributed by atoms with van der Waals surface area (Å²) in [7, 11) is -3.80. The minimum absolute atomic E-state index is 0.0360. The van der Waals surface area contributed by atoms with Crippen molar-refractivity contribution < 1.29 is 12.8 Å². The summed E-state index contributed by atoms with van der Waals surface area (Å²) in [6.45, 7) is 7.53. The highest BCUT2D eigenvalue weighted by Crippen LogP contribution is 2.26. The zero-order valence-corrected chi connectivity index (χ0v) is 13.1. The van der Waals surface area contributed by atoms with E-state index in [0.29, 0.717) is 5.57 Å². The van der Waals surface area contributed by atoms with E-state index in [0.717, 1.165) is 6.07 Å². The zero-order chi connectivity index (χ0) is 15.5. The summed E-state index contributed by atoms with van der Waals surface area (Å²) in [6.07, 6.45) is 0. The van der Waals surface area contributed by atoms with Crippen LogP contribution in [0.1, 0.15) is 19.4 Å². The van der Waals surface area contributed by atoms with Crippen LogP contribution >= 0.6 is 11.6 Å². The molecule has 112 valence electrons. The molecule has 2 N–H and O–H groups in total. The number of hydrogen-bond acceptors (Lipinski definition) is 3. The fraction of sp³-hybridized carbons (Fsp3) is 0.385. The number of nitrogens with two attached hydrogens (primary N) is 1. The molecule has 0 atom stereocenters. The van der Waals surface area contributed by atoms with Gasteiger partial charge in [-0.3, -0.25) is 0 Å². The lowest BCUT2D eigenvalue weighted by molar-refractivity contribution is 0.452. The lowest BCUT2D eigenvalue weighted by Crippen LogP contribution is -2.32. The van der Waals surface area contributed by atoms with Crippen molar-refractivity contribution in [3.05, 3.63) is 40.7 Å². The average Bonchev–Trinajstić information content (AvgIpc) is 2.38. The molecule has 0 fully saturated rings. The van der Waals surface area contributed by atoms with Crippen LogP contribution in [0.2, 0.25) is 5.02 Å². The Bertz CT molecular complexity index is 617. The maximum absolute atomic E-state index is 13.7. The van der Waals surface area contributed by atoms with Gasteiger partial charge in [-0.05, 0) is 24.6 Å². The normalized spacial score (nSPS) is 11.9. The fourth-order valence-corrected chi connectivity index (χ4v) is 3.49. The van der Waals surface area contributed by atoms with Crippen LogP contribution in [0.15, 0.2) is 29.2 Å². The highest BCUT2D eigenvalue weighted by atomic mass is 35.5. The Labute approximate surface area is 124 Å². The van der Waals surface area contributed by atoms with Gasteiger partial charge < -0.3 is 5.73 Å². The van der Waals surface area contributed by atoms with Gasteiger partial charge >= 0.3 is 0 Å². The molecule has 0 saturated carbocycles. The van der Waals surface area contributed by atoms with Gasteiger partial charge in [0.25, 0.3) is 0 Å². The van der Waals surface area contributed by atoms with Gasteiger partial charge in [-0.1, -0.05) is 30.7 Å². The zero-order valence-electron chi connectivity index (χ0n) is 11.5. The van der Waals surface area contributed by atoms with Crippen molar-refractivity contribution in [2.45, 2.75) is 25.3 Å². The minimum Gasteiger partial charge on any atom is -0.326 e. The van der Waals surface area contributed by atoms with Crippen LogP contribution in [0, 0.1) is 5.82 Å². The highest BCUT2D eigenvalue weighted by Gasteiger charge is 2.25. The molecule has 7 heteroatoms.